The van der Waals surface area contributed by atoms with Crippen LogP contribution in [-0.2, 0) is 11.3 Å². The number of amides is 1. The maximum atomic E-state index is 12.5. The second-order valence-electron chi connectivity index (χ2n) is 8.04. The number of pyridine rings is 1. The molecule has 0 aliphatic carbocycles. The van der Waals surface area contributed by atoms with Crippen LogP contribution in [0.4, 0.5) is 0 Å². The minimum Gasteiger partial charge on any atom is -0.356 e. The number of fused-ring (bicyclic) bond motifs is 1. The number of para-hydroxylation sites is 1. The summed E-state index contributed by atoms with van der Waals surface area (Å²) >= 11 is 0. The summed E-state index contributed by atoms with van der Waals surface area (Å²) < 4.78 is 0. The molecule has 26 heavy (non-hydrogen) atoms. The van der Waals surface area contributed by atoms with Gasteiger partial charge >= 0.3 is 0 Å². The first-order chi connectivity index (χ1) is 12.5. The Balaban J connectivity index is 1.46. The van der Waals surface area contributed by atoms with Crippen LogP contribution in [0.25, 0.3) is 10.9 Å². The molecule has 2 aliphatic rings. The number of aromatic amines is 1. The molecule has 0 saturated carbocycles. The van der Waals surface area contributed by atoms with Crippen LogP contribution in [0.15, 0.2) is 29.1 Å². The highest BCUT2D eigenvalue weighted by Gasteiger charge is 2.36. The number of carbonyl (C=O) groups is 1. The topological polar surface area (TPSA) is 65.2 Å². The molecule has 1 aromatic carbocycles. The highest BCUT2D eigenvalue weighted by Crippen LogP contribution is 2.40. The normalized spacial score (nSPS) is 20.9. The number of piperidine rings is 1. The van der Waals surface area contributed by atoms with E-state index in [0.717, 1.165) is 67.3 Å². The zero-order chi connectivity index (χ0) is 18.1. The Morgan fingerprint density at radius 3 is 2.73 bits per heavy atom. The standard InChI is InChI=1S/C21H27N3O2/c1-15-3-2-4-16-13-17(20(26)23-19(15)16)14-24-11-8-21(9-12-24)6-5-18(25)22-10-7-21/h2-4,13H,5-12,14H2,1H3,(H,22,25)(H,23,26). The molecule has 4 rings (SSSR count). The van der Waals surface area contributed by atoms with Gasteiger partial charge in [-0.2, -0.15) is 0 Å². The van der Waals surface area contributed by atoms with Crippen molar-refractivity contribution in [3.63, 3.8) is 0 Å². The first kappa shape index (κ1) is 17.3. The second kappa shape index (κ2) is 6.88. The van der Waals surface area contributed by atoms with E-state index < -0.39 is 0 Å². The fourth-order valence-electron chi connectivity index (χ4n) is 4.53. The molecule has 2 aromatic rings. The number of aromatic nitrogens is 1. The first-order valence-electron chi connectivity index (χ1n) is 9.65. The van der Waals surface area contributed by atoms with Crippen LogP contribution in [0, 0.1) is 12.3 Å². The number of likely N-dealkylation sites (tertiary alicyclic amines) is 1. The van der Waals surface area contributed by atoms with Crippen molar-refractivity contribution in [1.29, 1.82) is 0 Å². The summed E-state index contributed by atoms with van der Waals surface area (Å²) in [5.41, 5.74) is 3.22. The van der Waals surface area contributed by atoms with Crippen molar-refractivity contribution >= 4 is 16.8 Å². The highest BCUT2D eigenvalue weighted by atomic mass is 16.1. The summed E-state index contributed by atoms with van der Waals surface area (Å²) in [6.45, 7) is 5.53. The Morgan fingerprint density at radius 1 is 1.12 bits per heavy atom. The van der Waals surface area contributed by atoms with Gasteiger partial charge < -0.3 is 10.3 Å². The van der Waals surface area contributed by atoms with Crippen molar-refractivity contribution in [1.82, 2.24) is 15.2 Å². The molecule has 1 spiro atoms. The van der Waals surface area contributed by atoms with Crippen molar-refractivity contribution in [2.75, 3.05) is 19.6 Å². The van der Waals surface area contributed by atoms with Crippen molar-refractivity contribution < 1.29 is 4.79 Å². The zero-order valence-corrected chi connectivity index (χ0v) is 15.4. The number of rotatable bonds is 2. The van der Waals surface area contributed by atoms with Gasteiger partial charge in [-0.25, -0.2) is 0 Å². The molecule has 5 nitrogen and oxygen atoms in total. The molecule has 2 aliphatic heterocycles. The van der Waals surface area contributed by atoms with Gasteiger partial charge in [0.15, 0.2) is 0 Å². The Morgan fingerprint density at radius 2 is 1.92 bits per heavy atom. The predicted octanol–water partition coefficient (Wildman–Crippen LogP) is 2.72. The van der Waals surface area contributed by atoms with Gasteiger partial charge in [-0.3, -0.25) is 14.5 Å². The van der Waals surface area contributed by atoms with Crippen LogP contribution < -0.4 is 10.9 Å². The number of hydrogen-bond donors (Lipinski definition) is 2. The van der Waals surface area contributed by atoms with E-state index >= 15 is 0 Å². The van der Waals surface area contributed by atoms with E-state index in [1.807, 2.05) is 25.1 Å². The molecule has 1 amide bonds. The number of carbonyl (C=O) groups excluding carboxylic acids is 1. The quantitative estimate of drug-likeness (QED) is 0.872. The van der Waals surface area contributed by atoms with Gasteiger partial charge in [-0.1, -0.05) is 18.2 Å². The van der Waals surface area contributed by atoms with Crippen LogP contribution in [0.1, 0.15) is 43.2 Å². The Kier molecular flexibility index (Phi) is 4.57. The van der Waals surface area contributed by atoms with Crippen molar-refractivity contribution in [2.24, 2.45) is 5.41 Å². The summed E-state index contributed by atoms with van der Waals surface area (Å²) in [5, 5.41) is 4.10. The van der Waals surface area contributed by atoms with Gasteiger partial charge in [0.25, 0.3) is 5.56 Å². The lowest BCUT2D eigenvalue weighted by Gasteiger charge is -2.41. The molecule has 5 heteroatoms. The van der Waals surface area contributed by atoms with Gasteiger partial charge in [0, 0.05) is 25.1 Å². The molecule has 0 bridgehead atoms. The Hall–Kier alpha value is -2.14. The van der Waals surface area contributed by atoms with E-state index in [1.54, 1.807) is 0 Å². The molecule has 3 heterocycles. The number of benzene rings is 1. The first-order valence-corrected chi connectivity index (χ1v) is 9.65. The number of nitrogens with zero attached hydrogens (tertiary/aromatic N) is 1. The van der Waals surface area contributed by atoms with Crippen molar-refractivity contribution in [3.05, 3.63) is 45.7 Å². The Bertz CT molecular complexity index is 878. The van der Waals surface area contributed by atoms with Gasteiger partial charge in [0.2, 0.25) is 5.91 Å². The fourth-order valence-corrected chi connectivity index (χ4v) is 4.53. The molecular formula is C21H27N3O2. The van der Waals surface area contributed by atoms with E-state index in [9.17, 15) is 9.59 Å². The number of hydrogen-bond acceptors (Lipinski definition) is 3. The van der Waals surface area contributed by atoms with Gasteiger partial charge in [0.1, 0.15) is 0 Å². The van der Waals surface area contributed by atoms with Crippen LogP contribution in [-0.4, -0.2) is 35.4 Å². The van der Waals surface area contributed by atoms with Crippen molar-refractivity contribution in [3.8, 4) is 0 Å². The lowest BCUT2D eigenvalue weighted by atomic mass is 9.73. The maximum Gasteiger partial charge on any atom is 0.252 e. The van der Waals surface area contributed by atoms with E-state index in [1.165, 1.54) is 0 Å². The lowest BCUT2D eigenvalue weighted by molar-refractivity contribution is -0.121. The highest BCUT2D eigenvalue weighted by molar-refractivity contribution is 5.81. The third-order valence-electron chi connectivity index (χ3n) is 6.34. The smallest absolute Gasteiger partial charge is 0.252 e. The summed E-state index contributed by atoms with van der Waals surface area (Å²) in [6.07, 6.45) is 4.98. The maximum absolute atomic E-state index is 12.5. The molecule has 0 atom stereocenters. The van der Waals surface area contributed by atoms with Crippen LogP contribution >= 0.6 is 0 Å². The van der Waals surface area contributed by atoms with Crippen LogP contribution in [0.3, 0.4) is 0 Å². The molecule has 138 valence electrons. The molecular weight excluding hydrogens is 326 g/mol. The summed E-state index contributed by atoms with van der Waals surface area (Å²) in [7, 11) is 0. The average Bonchev–Trinajstić information content (AvgIpc) is 2.81. The fraction of sp³-hybridized carbons (Fsp3) is 0.524. The van der Waals surface area contributed by atoms with Crippen LogP contribution in [0.2, 0.25) is 0 Å². The summed E-state index contributed by atoms with van der Waals surface area (Å²) in [6, 6.07) is 8.16. The summed E-state index contributed by atoms with van der Waals surface area (Å²) in [5.74, 6) is 0.197. The second-order valence-corrected chi connectivity index (χ2v) is 8.04. The zero-order valence-electron chi connectivity index (χ0n) is 15.4. The van der Waals surface area contributed by atoms with E-state index in [-0.39, 0.29) is 11.5 Å². The summed E-state index contributed by atoms with van der Waals surface area (Å²) in [4.78, 5) is 29.6. The van der Waals surface area contributed by atoms with Gasteiger partial charge in [0.05, 0.1) is 5.52 Å². The monoisotopic (exact) mass is 353 g/mol. The third-order valence-corrected chi connectivity index (χ3v) is 6.34. The largest absolute Gasteiger partial charge is 0.356 e. The van der Waals surface area contributed by atoms with Crippen molar-refractivity contribution in [2.45, 2.75) is 45.6 Å². The predicted molar refractivity (Wildman–Crippen MR) is 103 cm³/mol. The average molecular weight is 353 g/mol. The van der Waals surface area contributed by atoms with Crippen LogP contribution in [0.5, 0.6) is 0 Å². The SMILES string of the molecule is Cc1cccc2cc(CN3CCC4(CCNC(=O)CC4)CC3)c(=O)[nH]c12. The van der Waals surface area contributed by atoms with Gasteiger partial charge in [-0.05, 0) is 68.1 Å². The molecule has 2 saturated heterocycles. The third kappa shape index (κ3) is 3.40. The minimum atomic E-state index is 0.0244. The van der Waals surface area contributed by atoms with E-state index in [4.69, 9.17) is 0 Å². The molecule has 2 fully saturated rings. The minimum absolute atomic E-state index is 0.0244. The van der Waals surface area contributed by atoms with Gasteiger partial charge in [-0.15, -0.1) is 0 Å². The number of nitrogens with one attached hydrogen (secondary N) is 2. The molecule has 0 unspecified atom stereocenters. The Labute approximate surface area is 153 Å². The van der Waals surface area contributed by atoms with E-state index in [2.05, 4.69) is 21.3 Å². The molecule has 0 radical (unpaired) electrons. The van der Waals surface area contributed by atoms with E-state index in [0.29, 0.717) is 18.4 Å². The molecule has 2 N–H and O–H groups in total. The lowest BCUT2D eigenvalue weighted by Crippen LogP contribution is -2.40. The number of aryl methyl sites for hydroxylation is 1. The molecule has 1 aromatic heterocycles. The number of H-pyrrole nitrogens is 1.